The van der Waals surface area contributed by atoms with Crippen LogP contribution in [-0.2, 0) is 9.68 Å². The van der Waals surface area contributed by atoms with Crippen LogP contribution < -0.4 is 4.74 Å². The molecule has 2 heterocycles. The van der Waals surface area contributed by atoms with Crippen molar-refractivity contribution in [3.63, 3.8) is 0 Å². The second-order valence-electron chi connectivity index (χ2n) is 4.55. The first-order valence-corrected chi connectivity index (χ1v) is 8.43. The Hall–Kier alpha value is -2.39. The Bertz CT molecular complexity index is 835. The molecule has 1 aromatic carbocycles. The lowest BCUT2D eigenvalue weighted by molar-refractivity contribution is 0.160. The Morgan fingerprint density at radius 2 is 2.29 bits per heavy atom. The normalized spacial score (nSPS) is 14.5. The summed E-state index contributed by atoms with van der Waals surface area (Å²) in [6.07, 6.45) is 1.49. The zero-order valence-electron chi connectivity index (χ0n) is 12.8. The number of aromatic amines is 1. The molecule has 0 bridgehead atoms. The van der Waals surface area contributed by atoms with Crippen LogP contribution in [-0.4, -0.2) is 40.2 Å². The van der Waals surface area contributed by atoms with Crippen molar-refractivity contribution in [3.05, 3.63) is 46.9 Å². The molecule has 0 fully saturated rings. The van der Waals surface area contributed by atoms with E-state index in [4.69, 9.17) is 26.6 Å². The fourth-order valence-corrected chi connectivity index (χ4v) is 2.89. The van der Waals surface area contributed by atoms with Gasteiger partial charge in [-0.05, 0) is 12.1 Å². The summed E-state index contributed by atoms with van der Waals surface area (Å²) in [6.45, 7) is 0.570. The van der Waals surface area contributed by atoms with Crippen LogP contribution >= 0.6 is 24.0 Å². The van der Waals surface area contributed by atoms with E-state index >= 15 is 0 Å². The number of benzene rings is 1. The lowest BCUT2D eigenvalue weighted by Crippen LogP contribution is -2.19. The lowest BCUT2D eigenvalue weighted by atomic mass is 10.1. The van der Waals surface area contributed by atoms with Gasteiger partial charge in [0.1, 0.15) is 29.8 Å². The fourth-order valence-electron chi connectivity index (χ4n) is 1.99. The predicted octanol–water partition coefficient (Wildman–Crippen LogP) is 3.36. The van der Waals surface area contributed by atoms with Gasteiger partial charge in [-0.3, -0.25) is 0 Å². The minimum absolute atomic E-state index is 0.438. The Balaban J connectivity index is 1.99. The largest absolute Gasteiger partial charge is 0.440 e. The molecule has 1 aliphatic heterocycles. The van der Waals surface area contributed by atoms with E-state index in [1.165, 1.54) is 13.4 Å². The molecule has 0 spiro atoms. The number of aromatic nitrogens is 2. The zero-order chi connectivity index (χ0) is 16.8. The minimum Gasteiger partial charge on any atom is -0.440 e. The molecular formula is C15H14N4O3S2. The van der Waals surface area contributed by atoms with Gasteiger partial charge in [0.05, 0.1) is 6.33 Å². The van der Waals surface area contributed by atoms with Crippen LogP contribution in [0.25, 0.3) is 0 Å². The van der Waals surface area contributed by atoms with E-state index in [0.29, 0.717) is 33.6 Å². The van der Waals surface area contributed by atoms with Crippen LogP contribution in [0.3, 0.4) is 0 Å². The highest BCUT2D eigenvalue weighted by atomic mass is 32.2. The van der Waals surface area contributed by atoms with Crippen LogP contribution in [0.5, 0.6) is 11.6 Å². The van der Waals surface area contributed by atoms with Crippen LogP contribution in [0.1, 0.15) is 5.56 Å². The summed E-state index contributed by atoms with van der Waals surface area (Å²) in [7, 11) is 1.48. The number of para-hydroxylation sites is 1. The van der Waals surface area contributed by atoms with E-state index in [2.05, 4.69) is 20.3 Å². The van der Waals surface area contributed by atoms with E-state index in [1.807, 2.05) is 24.3 Å². The molecular weight excluding hydrogens is 348 g/mol. The summed E-state index contributed by atoms with van der Waals surface area (Å²) in [5.41, 5.74) is 1.28. The maximum Gasteiger partial charge on any atom is 0.201 e. The van der Waals surface area contributed by atoms with E-state index < -0.39 is 0 Å². The number of ether oxygens (including phenoxy) is 1. The second-order valence-corrected chi connectivity index (χ2v) is 6.05. The van der Waals surface area contributed by atoms with E-state index in [9.17, 15) is 0 Å². The third-order valence-corrected chi connectivity index (χ3v) is 4.10. The molecule has 3 rings (SSSR count). The maximum absolute atomic E-state index is 5.90. The first kappa shape index (κ1) is 16.5. The monoisotopic (exact) mass is 362 g/mol. The number of thioether (sulfide) groups is 1. The number of H-pyrrole nitrogens is 1. The molecule has 9 heteroatoms. The van der Waals surface area contributed by atoms with Gasteiger partial charge in [-0.15, -0.1) is 0 Å². The highest BCUT2D eigenvalue weighted by Crippen LogP contribution is 2.27. The van der Waals surface area contributed by atoms with Gasteiger partial charge in [0.25, 0.3) is 0 Å². The van der Waals surface area contributed by atoms with Crippen molar-refractivity contribution in [3.8, 4) is 11.6 Å². The summed E-state index contributed by atoms with van der Waals surface area (Å²) in [6, 6.07) is 9.09. The SMILES string of the molecule is CO/N=C(/C1=NOCCS1)c1ccccc1Oc1cc(=S)nc[nH]1. The van der Waals surface area contributed by atoms with Gasteiger partial charge in [0, 0.05) is 17.4 Å². The summed E-state index contributed by atoms with van der Waals surface area (Å²) in [5.74, 6) is 1.86. The molecule has 7 nitrogen and oxygen atoms in total. The van der Waals surface area contributed by atoms with Gasteiger partial charge in [0.15, 0.2) is 5.04 Å². The quantitative estimate of drug-likeness (QED) is 0.499. The maximum atomic E-state index is 5.90. The number of hydrogen-bond acceptors (Lipinski definition) is 8. The molecule has 24 heavy (non-hydrogen) atoms. The van der Waals surface area contributed by atoms with Crippen LogP contribution in [0.2, 0.25) is 0 Å². The van der Waals surface area contributed by atoms with E-state index in [1.54, 1.807) is 17.8 Å². The number of rotatable bonds is 5. The van der Waals surface area contributed by atoms with Crippen molar-refractivity contribution in [1.29, 1.82) is 0 Å². The lowest BCUT2D eigenvalue weighted by Gasteiger charge is -2.15. The molecule has 1 N–H and O–H groups in total. The van der Waals surface area contributed by atoms with Crippen LogP contribution in [0.15, 0.2) is 47.0 Å². The number of oxime groups is 2. The van der Waals surface area contributed by atoms with Crippen LogP contribution in [0, 0.1) is 4.64 Å². The average Bonchev–Trinajstić information content (AvgIpc) is 2.61. The van der Waals surface area contributed by atoms with Crippen molar-refractivity contribution >= 4 is 34.7 Å². The highest BCUT2D eigenvalue weighted by molar-refractivity contribution is 8.15. The van der Waals surface area contributed by atoms with E-state index in [-0.39, 0.29) is 0 Å². The predicted molar refractivity (Wildman–Crippen MR) is 95.3 cm³/mol. The zero-order valence-corrected chi connectivity index (χ0v) is 14.4. The molecule has 1 aliphatic rings. The molecule has 0 amide bonds. The molecule has 0 aliphatic carbocycles. The first-order chi connectivity index (χ1) is 11.8. The third-order valence-electron chi connectivity index (χ3n) is 2.96. The Morgan fingerprint density at radius 1 is 1.42 bits per heavy atom. The fraction of sp³-hybridized carbons (Fsp3) is 0.200. The first-order valence-electron chi connectivity index (χ1n) is 7.04. The molecule has 0 saturated heterocycles. The van der Waals surface area contributed by atoms with Gasteiger partial charge >= 0.3 is 0 Å². The summed E-state index contributed by atoms with van der Waals surface area (Å²) in [5, 5.41) is 8.81. The van der Waals surface area contributed by atoms with E-state index in [0.717, 1.165) is 11.3 Å². The smallest absolute Gasteiger partial charge is 0.201 e. The second kappa shape index (κ2) is 7.93. The van der Waals surface area contributed by atoms with Crippen LogP contribution in [0.4, 0.5) is 0 Å². The van der Waals surface area contributed by atoms with Gasteiger partial charge in [-0.1, -0.05) is 46.4 Å². The molecule has 0 radical (unpaired) electrons. The van der Waals surface area contributed by atoms with Crippen molar-refractivity contribution in [1.82, 2.24) is 9.97 Å². The molecule has 1 aromatic heterocycles. The molecule has 0 saturated carbocycles. The Labute approximate surface area is 147 Å². The number of nitrogens with one attached hydrogen (secondary N) is 1. The number of hydrogen-bond donors (Lipinski definition) is 1. The Morgan fingerprint density at radius 3 is 3.04 bits per heavy atom. The molecule has 0 unspecified atom stereocenters. The van der Waals surface area contributed by atoms with Crippen molar-refractivity contribution in [2.24, 2.45) is 10.3 Å². The molecule has 2 aromatic rings. The summed E-state index contributed by atoms with van der Waals surface area (Å²) < 4.78 is 6.34. The molecule has 0 atom stereocenters. The highest BCUT2D eigenvalue weighted by Gasteiger charge is 2.21. The topological polar surface area (TPSA) is 81.1 Å². The number of nitrogens with zero attached hydrogens (tertiary/aromatic N) is 3. The van der Waals surface area contributed by atoms with Crippen molar-refractivity contribution in [2.45, 2.75) is 0 Å². The summed E-state index contributed by atoms with van der Waals surface area (Å²) >= 11 is 6.60. The minimum atomic E-state index is 0.438. The molecule has 124 valence electrons. The van der Waals surface area contributed by atoms with Gasteiger partial charge in [0.2, 0.25) is 5.88 Å². The van der Waals surface area contributed by atoms with Crippen molar-refractivity contribution in [2.75, 3.05) is 19.5 Å². The van der Waals surface area contributed by atoms with Gasteiger partial charge < -0.3 is 19.4 Å². The van der Waals surface area contributed by atoms with Gasteiger partial charge in [-0.2, -0.15) is 0 Å². The average molecular weight is 362 g/mol. The summed E-state index contributed by atoms with van der Waals surface area (Å²) in [4.78, 5) is 17.0. The van der Waals surface area contributed by atoms with Gasteiger partial charge in [-0.25, -0.2) is 4.98 Å². The Kier molecular flexibility index (Phi) is 5.44. The van der Waals surface area contributed by atoms with Crippen molar-refractivity contribution < 1.29 is 14.4 Å². The standard InChI is InChI=1S/C15H14N4O3S2/c1-20-18-14(15-19-21-6-7-24-15)10-4-2-3-5-11(10)22-12-8-13(23)17-9-16-12/h2-5,8-9H,6-7H2,1H3,(H,16,17,23)/b18-14+. The third kappa shape index (κ3) is 3.92.